The third-order valence-corrected chi connectivity index (χ3v) is 4.90. The summed E-state index contributed by atoms with van der Waals surface area (Å²) in [6.07, 6.45) is 1.38. The van der Waals surface area contributed by atoms with Gasteiger partial charge < -0.3 is 15.0 Å². The van der Waals surface area contributed by atoms with Crippen LogP contribution in [0.3, 0.4) is 0 Å². The minimum absolute atomic E-state index is 0.0820. The molecule has 152 valence electrons. The number of ether oxygens (including phenoxy) is 1. The van der Waals surface area contributed by atoms with Crippen molar-refractivity contribution in [1.82, 2.24) is 0 Å². The van der Waals surface area contributed by atoms with Crippen molar-refractivity contribution >= 4 is 23.2 Å². The predicted molar refractivity (Wildman–Crippen MR) is 113 cm³/mol. The largest absolute Gasteiger partial charge is 0.489 e. The van der Waals surface area contributed by atoms with Crippen LogP contribution in [-0.4, -0.2) is 18.4 Å². The smallest absolute Gasteiger partial charge is 0.255 e. The van der Waals surface area contributed by atoms with Crippen molar-refractivity contribution in [2.24, 2.45) is 0 Å². The van der Waals surface area contributed by atoms with Gasteiger partial charge in [0.25, 0.3) is 5.91 Å². The highest BCUT2D eigenvalue weighted by Crippen LogP contribution is 2.24. The Morgan fingerprint density at radius 3 is 2.60 bits per heavy atom. The van der Waals surface area contributed by atoms with Gasteiger partial charge in [0.05, 0.1) is 0 Å². The lowest BCUT2D eigenvalue weighted by Gasteiger charge is -2.16. The molecule has 30 heavy (non-hydrogen) atoms. The minimum atomic E-state index is -0.290. The summed E-state index contributed by atoms with van der Waals surface area (Å²) in [4.78, 5) is 26.4. The number of carbonyl (C=O) groups excluding carboxylic acids is 2. The Hall–Kier alpha value is -3.67. The van der Waals surface area contributed by atoms with E-state index in [4.69, 9.17) is 4.74 Å². The first-order valence-electron chi connectivity index (χ1n) is 9.77. The maximum atomic E-state index is 13.0. The molecular weight excluding hydrogens is 383 g/mol. The van der Waals surface area contributed by atoms with E-state index in [1.165, 1.54) is 12.1 Å². The van der Waals surface area contributed by atoms with E-state index in [9.17, 15) is 14.0 Å². The van der Waals surface area contributed by atoms with E-state index < -0.39 is 0 Å². The predicted octanol–water partition coefficient (Wildman–Crippen LogP) is 4.78. The number of hydrogen-bond donors (Lipinski definition) is 1. The highest BCUT2D eigenvalue weighted by atomic mass is 19.1. The molecule has 0 radical (unpaired) electrons. The summed E-state index contributed by atoms with van der Waals surface area (Å²) < 4.78 is 18.7. The first kappa shape index (κ1) is 19.6. The third-order valence-electron chi connectivity index (χ3n) is 4.90. The maximum Gasteiger partial charge on any atom is 0.255 e. The summed E-state index contributed by atoms with van der Waals surface area (Å²) in [5.41, 5.74) is 2.66. The summed E-state index contributed by atoms with van der Waals surface area (Å²) in [7, 11) is 0. The standard InChI is InChI=1S/C24H21FN2O3/c25-19-11-9-17(10-12-19)16-30-22-7-2-5-20(15-22)26-24(29)18-4-1-6-21(14-18)27-13-3-8-23(27)28/h1-2,4-7,9-12,14-15H,3,8,13,16H2,(H,26,29). The van der Waals surface area contributed by atoms with Gasteiger partial charge in [-0.05, 0) is 54.4 Å². The van der Waals surface area contributed by atoms with Gasteiger partial charge in [-0.25, -0.2) is 4.39 Å². The minimum Gasteiger partial charge on any atom is -0.489 e. The quantitative estimate of drug-likeness (QED) is 0.643. The SMILES string of the molecule is O=C(Nc1cccc(OCc2ccc(F)cc2)c1)c1cccc(N2CCCC2=O)c1. The molecule has 0 atom stereocenters. The van der Waals surface area contributed by atoms with E-state index >= 15 is 0 Å². The number of halogens is 1. The van der Waals surface area contributed by atoms with Crippen molar-refractivity contribution < 1.29 is 18.7 Å². The van der Waals surface area contributed by atoms with Gasteiger partial charge in [0.1, 0.15) is 18.2 Å². The van der Waals surface area contributed by atoms with Crippen LogP contribution in [0.1, 0.15) is 28.8 Å². The molecule has 1 saturated heterocycles. The van der Waals surface area contributed by atoms with Crippen LogP contribution in [0.25, 0.3) is 0 Å². The number of amides is 2. The van der Waals surface area contributed by atoms with Crippen LogP contribution in [0.5, 0.6) is 5.75 Å². The Balaban J connectivity index is 1.41. The first-order chi connectivity index (χ1) is 14.6. The summed E-state index contributed by atoms with van der Waals surface area (Å²) in [5, 5.41) is 2.86. The Labute approximate surface area is 174 Å². The molecule has 0 spiro atoms. The van der Waals surface area contributed by atoms with Crippen LogP contribution in [0.2, 0.25) is 0 Å². The molecule has 3 aromatic carbocycles. The number of nitrogens with one attached hydrogen (secondary N) is 1. The van der Waals surface area contributed by atoms with Gasteiger partial charge in [0.2, 0.25) is 5.91 Å². The summed E-state index contributed by atoms with van der Waals surface area (Å²) in [5.74, 6) is 0.118. The molecule has 3 aromatic rings. The van der Waals surface area contributed by atoms with Gasteiger partial charge in [-0.2, -0.15) is 0 Å². The summed E-state index contributed by atoms with van der Waals surface area (Å²) in [6, 6.07) is 20.2. The van der Waals surface area contributed by atoms with Crippen molar-refractivity contribution in [2.45, 2.75) is 19.4 Å². The van der Waals surface area contributed by atoms with Crippen LogP contribution in [0, 0.1) is 5.82 Å². The second-order valence-corrected chi connectivity index (χ2v) is 7.10. The molecule has 0 unspecified atom stereocenters. The third kappa shape index (κ3) is 4.66. The van der Waals surface area contributed by atoms with Gasteiger partial charge in [0, 0.05) is 36.0 Å². The highest BCUT2D eigenvalue weighted by molar-refractivity contribution is 6.05. The van der Waals surface area contributed by atoms with Crippen molar-refractivity contribution in [2.75, 3.05) is 16.8 Å². The molecule has 1 N–H and O–H groups in total. The maximum absolute atomic E-state index is 13.0. The van der Waals surface area contributed by atoms with Crippen molar-refractivity contribution in [1.29, 1.82) is 0 Å². The van der Waals surface area contributed by atoms with E-state index in [1.807, 2.05) is 6.07 Å². The van der Waals surface area contributed by atoms with Crippen LogP contribution in [-0.2, 0) is 11.4 Å². The van der Waals surface area contributed by atoms with Gasteiger partial charge in [0.15, 0.2) is 0 Å². The highest BCUT2D eigenvalue weighted by Gasteiger charge is 2.22. The first-order valence-corrected chi connectivity index (χ1v) is 9.77. The summed E-state index contributed by atoms with van der Waals surface area (Å²) >= 11 is 0. The lowest BCUT2D eigenvalue weighted by Crippen LogP contribution is -2.24. The number of anilines is 2. The fourth-order valence-electron chi connectivity index (χ4n) is 3.35. The molecule has 1 heterocycles. The zero-order chi connectivity index (χ0) is 20.9. The van der Waals surface area contributed by atoms with Gasteiger partial charge >= 0.3 is 0 Å². The topological polar surface area (TPSA) is 58.6 Å². The molecular formula is C24H21FN2O3. The van der Waals surface area contributed by atoms with E-state index in [0.717, 1.165) is 17.7 Å². The Kier molecular flexibility index (Phi) is 5.75. The van der Waals surface area contributed by atoms with E-state index in [0.29, 0.717) is 36.6 Å². The zero-order valence-corrected chi connectivity index (χ0v) is 16.3. The molecule has 6 heteroatoms. The van der Waals surface area contributed by atoms with Gasteiger partial charge in [-0.1, -0.05) is 24.3 Å². The molecule has 0 aliphatic carbocycles. The van der Waals surface area contributed by atoms with E-state index in [2.05, 4.69) is 5.32 Å². The number of carbonyl (C=O) groups is 2. The normalized spacial score (nSPS) is 13.4. The number of rotatable bonds is 6. The van der Waals surface area contributed by atoms with Crippen LogP contribution in [0.4, 0.5) is 15.8 Å². The van der Waals surface area contributed by atoms with Crippen molar-refractivity contribution in [3.8, 4) is 5.75 Å². The molecule has 5 nitrogen and oxygen atoms in total. The number of benzene rings is 3. The van der Waals surface area contributed by atoms with Gasteiger partial charge in [-0.15, -0.1) is 0 Å². The number of nitrogens with zero attached hydrogens (tertiary/aromatic N) is 1. The van der Waals surface area contributed by atoms with Crippen LogP contribution < -0.4 is 15.0 Å². The summed E-state index contributed by atoms with van der Waals surface area (Å²) in [6.45, 7) is 0.973. The number of hydrogen-bond acceptors (Lipinski definition) is 3. The second kappa shape index (κ2) is 8.78. The fraction of sp³-hybridized carbons (Fsp3) is 0.167. The lowest BCUT2D eigenvalue weighted by atomic mass is 10.1. The van der Waals surface area contributed by atoms with Crippen LogP contribution >= 0.6 is 0 Å². The molecule has 1 aliphatic heterocycles. The molecule has 1 fully saturated rings. The molecule has 0 bridgehead atoms. The van der Waals surface area contributed by atoms with Gasteiger partial charge in [-0.3, -0.25) is 9.59 Å². The second-order valence-electron chi connectivity index (χ2n) is 7.10. The van der Waals surface area contributed by atoms with Crippen LogP contribution in [0.15, 0.2) is 72.8 Å². The Morgan fingerprint density at radius 2 is 1.83 bits per heavy atom. The zero-order valence-electron chi connectivity index (χ0n) is 16.3. The molecule has 4 rings (SSSR count). The molecule has 1 aliphatic rings. The molecule has 0 saturated carbocycles. The van der Waals surface area contributed by atoms with E-state index in [-0.39, 0.29) is 17.6 Å². The Bertz CT molecular complexity index is 1070. The average molecular weight is 404 g/mol. The fourth-order valence-corrected chi connectivity index (χ4v) is 3.35. The lowest BCUT2D eigenvalue weighted by molar-refractivity contribution is -0.117. The van der Waals surface area contributed by atoms with Crippen molar-refractivity contribution in [3.63, 3.8) is 0 Å². The monoisotopic (exact) mass is 404 g/mol. The van der Waals surface area contributed by atoms with E-state index in [1.54, 1.807) is 59.5 Å². The molecule has 2 amide bonds. The Morgan fingerprint density at radius 1 is 1.03 bits per heavy atom. The average Bonchev–Trinajstić information content (AvgIpc) is 3.19. The molecule has 0 aromatic heterocycles. The van der Waals surface area contributed by atoms with Crippen molar-refractivity contribution in [3.05, 3.63) is 89.7 Å².